The highest BCUT2D eigenvalue weighted by atomic mass is 127. The van der Waals surface area contributed by atoms with Crippen LogP contribution >= 0.6 is 22.6 Å². The van der Waals surface area contributed by atoms with Crippen molar-refractivity contribution in [3.05, 3.63) is 85.5 Å². The Hall–Kier alpha value is -3.84. The summed E-state index contributed by atoms with van der Waals surface area (Å²) < 4.78 is 11.9. The molecule has 2 N–H and O–H groups in total. The largest absolute Gasteiger partial charge is 0.493 e. The van der Waals surface area contributed by atoms with E-state index in [1.165, 1.54) is 13.2 Å². The zero-order chi connectivity index (χ0) is 27.1. The summed E-state index contributed by atoms with van der Waals surface area (Å²) in [7, 11) is 1.49. The molecule has 7 nitrogen and oxygen atoms in total. The zero-order valence-corrected chi connectivity index (χ0v) is 23.5. The van der Waals surface area contributed by atoms with Gasteiger partial charge in [-0.1, -0.05) is 29.8 Å². The number of rotatable bonds is 8. The van der Waals surface area contributed by atoms with Gasteiger partial charge in [0.05, 0.1) is 10.7 Å². The van der Waals surface area contributed by atoms with Crippen LogP contribution in [0.25, 0.3) is 6.08 Å². The molecule has 3 rings (SSSR count). The first-order chi connectivity index (χ1) is 17.6. The van der Waals surface area contributed by atoms with Crippen LogP contribution in [0.3, 0.4) is 0 Å². The fourth-order valence-corrected chi connectivity index (χ4v) is 4.40. The molecule has 0 fully saturated rings. The third kappa shape index (κ3) is 7.33. The number of amides is 2. The van der Waals surface area contributed by atoms with Gasteiger partial charge in [-0.2, -0.15) is 5.26 Å². The molecule has 3 aromatic carbocycles. The predicted molar refractivity (Wildman–Crippen MR) is 154 cm³/mol. The quantitative estimate of drug-likeness (QED) is 0.183. The molecule has 0 unspecified atom stereocenters. The Bertz CT molecular complexity index is 1420. The lowest BCUT2D eigenvalue weighted by molar-refractivity contribution is -0.118. The van der Waals surface area contributed by atoms with E-state index in [0.717, 1.165) is 27.9 Å². The van der Waals surface area contributed by atoms with Gasteiger partial charge in [-0.05, 0) is 103 Å². The van der Waals surface area contributed by atoms with E-state index in [1.54, 1.807) is 12.1 Å². The monoisotopic (exact) mass is 609 g/mol. The summed E-state index contributed by atoms with van der Waals surface area (Å²) in [6, 6.07) is 16.9. The van der Waals surface area contributed by atoms with E-state index in [9.17, 15) is 14.9 Å². The maximum atomic E-state index is 12.8. The maximum absolute atomic E-state index is 12.8. The minimum absolute atomic E-state index is 0.0561. The summed E-state index contributed by atoms with van der Waals surface area (Å²) in [6.07, 6.45) is 1.49. The summed E-state index contributed by atoms with van der Waals surface area (Å²) in [5.41, 5.74) is 5.90. The summed E-state index contributed by atoms with van der Waals surface area (Å²) in [5.74, 6) is -0.0309. The van der Waals surface area contributed by atoms with Crippen LogP contribution in [0.4, 0.5) is 11.4 Å². The average Bonchev–Trinajstić information content (AvgIpc) is 2.85. The number of hydrogen-bond acceptors (Lipinski definition) is 5. The van der Waals surface area contributed by atoms with Gasteiger partial charge in [0, 0.05) is 11.4 Å². The molecule has 0 aliphatic carbocycles. The van der Waals surface area contributed by atoms with Crippen molar-refractivity contribution in [2.75, 3.05) is 24.4 Å². The van der Waals surface area contributed by atoms with E-state index in [4.69, 9.17) is 9.47 Å². The third-order valence-electron chi connectivity index (χ3n) is 5.57. The molecule has 190 valence electrons. The molecule has 2 amide bonds. The van der Waals surface area contributed by atoms with Crippen molar-refractivity contribution in [3.8, 4) is 17.6 Å². The molecule has 0 radical (unpaired) electrons. The second kappa shape index (κ2) is 12.4. The Balaban J connectivity index is 1.76. The molecular formula is C29H28IN3O4. The first-order valence-corrected chi connectivity index (χ1v) is 12.6. The Morgan fingerprint density at radius 3 is 2.32 bits per heavy atom. The number of nitriles is 1. The van der Waals surface area contributed by atoms with Gasteiger partial charge >= 0.3 is 0 Å². The number of ether oxygens (including phenoxy) is 2. The molecule has 0 atom stereocenters. The molecule has 0 saturated carbocycles. The van der Waals surface area contributed by atoms with Crippen molar-refractivity contribution < 1.29 is 19.1 Å². The summed E-state index contributed by atoms with van der Waals surface area (Å²) in [6.45, 7) is 7.54. The smallest absolute Gasteiger partial charge is 0.266 e. The first-order valence-electron chi connectivity index (χ1n) is 11.5. The molecule has 0 aliphatic rings. The molecule has 0 bridgehead atoms. The Morgan fingerprint density at radius 2 is 1.65 bits per heavy atom. The van der Waals surface area contributed by atoms with Gasteiger partial charge in [0.1, 0.15) is 11.6 Å². The molecule has 0 spiro atoms. The number of halogens is 1. The Labute approximate surface area is 230 Å². The number of nitrogens with zero attached hydrogens (tertiary/aromatic N) is 1. The zero-order valence-electron chi connectivity index (χ0n) is 21.4. The van der Waals surface area contributed by atoms with Crippen LogP contribution in [-0.4, -0.2) is 25.5 Å². The highest BCUT2D eigenvalue weighted by Crippen LogP contribution is 2.35. The van der Waals surface area contributed by atoms with Gasteiger partial charge < -0.3 is 20.1 Å². The molecule has 8 heteroatoms. The topological polar surface area (TPSA) is 100 Å². The number of carbonyl (C=O) groups excluding carboxylic acids is 2. The summed E-state index contributed by atoms with van der Waals surface area (Å²) in [4.78, 5) is 25.3. The SMILES string of the molecule is COc1cc(/C=C(\C#N)C(=O)Nc2ccc(C)cc2C)cc(I)c1OCC(=O)Nc1cc(C)ccc1C. The molecular weight excluding hydrogens is 581 g/mol. The van der Waals surface area contributed by atoms with Crippen LogP contribution in [0.5, 0.6) is 11.5 Å². The van der Waals surface area contributed by atoms with Crippen LogP contribution < -0.4 is 20.1 Å². The van der Waals surface area contributed by atoms with Crippen LogP contribution in [-0.2, 0) is 9.59 Å². The van der Waals surface area contributed by atoms with Gasteiger partial charge in [0.25, 0.3) is 11.8 Å². The molecule has 3 aromatic rings. The van der Waals surface area contributed by atoms with Gasteiger partial charge in [0.2, 0.25) is 0 Å². The van der Waals surface area contributed by atoms with Crippen molar-refractivity contribution in [1.82, 2.24) is 0 Å². The standard InChI is InChI=1S/C29H28IN3O4/c1-17-7-9-24(20(4)10-17)33-29(35)22(15-31)12-21-13-23(30)28(26(14-21)36-5)37-16-27(34)32-25-11-18(2)6-8-19(25)3/h6-14H,16H2,1-5H3,(H,32,34)(H,33,35)/b22-12+. The third-order valence-corrected chi connectivity index (χ3v) is 6.37. The van der Waals surface area contributed by atoms with Crippen LogP contribution in [0, 0.1) is 42.6 Å². The molecule has 0 heterocycles. The molecule has 0 saturated heterocycles. The summed E-state index contributed by atoms with van der Waals surface area (Å²) in [5, 5.41) is 15.3. The fourth-order valence-electron chi connectivity index (χ4n) is 3.62. The number of methoxy groups -OCH3 is 1. The number of carbonyl (C=O) groups is 2. The van der Waals surface area contributed by atoms with E-state index in [2.05, 4.69) is 33.2 Å². The lowest BCUT2D eigenvalue weighted by atomic mass is 10.1. The normalized spacial score (nSPS) is 10.9. The molecule has 37 heavy (non-hydrogen) atoms. The first kappa shape index (κ1) is 27.7. The van der Waals surface area contributed by atoms with E-state index in [1.807, 2.05) is 70.2 Å². The summed E-state index contributed by atoms with van der Waals surface area (Å²) >= 11 is 2.07. The number of anilines is 2. The Kier molecular flexibility index (Phi) is 9.31. The predicted octanol–water partition coefficient (Wildman–Crippen LogP) is 6.10. The minimum atomic E-state index is -0.508. The van der Waals surface area contributed by atoms with E-state index >= 15 is 0 Å². The Morgan fingerprint density at radius 1 is 0.946 bits per heavy atom. The van der Waals surface area contributed by atoms with Gasteiger partial charge in [0.15, 0.2) is 18.1 Å². The van der Waals surface area contributed by atoms with Crippen LogP contribution in [0.15, 0.2) is 54.1 Å². The second-order valence-corrected chi connectivity index (χ2v) is 9.79. The van der Waals surface area contributed by atoms with Crippen molar-refractivity contribution in [2.24, 2.45) is 0 Å². The number of benzene rings is 3. The lowest BCUT2D eigenvalue weighted by Crippen LogP contribution is -2.21. The van der Waals surface area contributed by atoms with E-state index < -0.39 is 5.91 Å². The van der Waals surface area contributed by atoms with Crippen LogP contribution in [0.1, 0.15) is 27.8 Å². The van der Waals surface area contributed by atoms with Crippen molar-refractivity contribution >= 4 is 51.9 Å². The van der Waals surface area contributed by atoms with Crippen molar-refractivity contribution in [2.45, 2.75) is 27.7 Å². The van der Waals surface area contributed by atoms with Gasteiger partial charge in [-0.25, -0.2) is 0 Å². The lowest BCUT2D eigenvalue weighted by Gasteiger charge is -2.14. The fraction of sp³-hybridized carbons (Fsp3) is 0.207. The highest BCUT2D eigenvalue weighted by Gasteiger charge is 2.16. The van der Waals surface area contributed by atoms with Gasteiger partial charge in [-0.15, -0.1) is 0 Å². The average molecular weight is 609 g/mol. The maximum Gasteiger partial charge on any atom is 0.266 e. The minimum Gasteiger partial charge on any atom is -0.493 e. The van der Waals surface area contributed by atoms with E-state index in [0.29, 0.717) is 26.3 Å². The number of hydrogen-bond donors (Lipinski definition) is 2. The molecule has 0 aliphatic heterocycles. The highest BCUT2D eigenvalue weighted by molar-refractivity contribution is 14.1. The second-order valence-electron chi connectivity index (χ2n) is 8.63. The van der Waals surface area contributed by atoms with Gasteiger partial charge in [-0.3, -0.25) is 9.59 Å². The number of aryl methyl sites for hydroxylation is 4. The van der Waals surface area contributed by atoms with Crippen molar-refractivity contribution in [3.63, 3.8) is 0 Å². The van der Waals surface area contributed by atoms with E-state index in [-0.39, 0.29) is 18.1 Å². The number of nitrogens with one attached hydrogen (secondary N) is 2. The van der Waals surface area contributed by atoms with Crippen LogP contribution in [0.2, 0.25) is 0 Å². The molecule has 0 aromatic heterocycles. The van der Waals surface area contributed by atoms with Crippen molar-refractivity contribution in [1.29, 1.82) is 5.26 Å².